The molecule has 2 aromatic carbocycles. The molecule has 8 heteroatoms. The molecule has 1 N–H and O–H groups in total. The van der Waals surface area contributed by atoms with Crippen LogP contribution in [0.2, 0.25) is 5.02 Å². The van der Waals surface area contributed by atoms with Gasteiger partial charge >= 0.3 is 0 Å². The molecular formula is C34H39ClN6O. The Labute approximate surface area is 253 Å². The number of nitrogens with one attached hydrogen (secondary N) is 1. The van der Waals surface area contributed by atoms with E-state index in [2.05, 4.69) is 94.7 Å². The number of imidazole rings is 1. The van der Waals surface area contributed by atoms with Crippen molar-refractivity contribution < 1.29 is 4.79 Å². The second-order valence-corrected chi connectivity index (χ2v) is 11.8. The summed E-state index contributed by atoms with van der Waals surface area (Å²) in [6.45, 7) is 12.3. The van der Waals surface area contributed by atoms with Crippen molar-refractivity contribution in [1.29, 1.82) is 0 Å². The zero-order valence-electron chi connectivity index (χ0n) is 25.2. The van der Waals surface area contributed by atoms with E-state index in [4.69, 9.17) is 11.6 Å². The number of carbonyl (C=O) groups is 1. The number of hydrogen-bond acceptors (Lipinski definition) is 5. The summed E-state index contributed by atoms with van der Waals surface area (Å²) in [5.41, 5.74) is 5.56. The third-order valence-corrected chi connectivity index (χ3v) is 8.54. The lowest BCUT2D eigenvalue weighted by atomic mass is 9.91. The summed E-state index contributed by atoms with van der Waals surface area (Å²) in [6.07, 6.45) is 9.72. The van der Waals surface area contributed by atoms with Gasteiger partial charge in [0.25, 0.3) is 5.91 Å². The number of pyridine rings is 1. The molecule has 0 radical (unpaired) electrons. The Morgan fingerprint density at radius 3 is 2.36 bits per heavy atom. The standard InChI is InChI=1S/C26H20ClN5O.C8H19N/c1-28-24(33)20-6-4-16(12-21(20)27)18-13-30-25-31-14-23(32(25)15-18)26(8-9-26)19-5-7-22-17(11-19)3-2-10-29-22;1-6-9(7(2)3)8(4)5/h2-7,10-15H,8-9H2,1H3,(H,28,33);7-8H,6H2,1-5H3. The molecule has 42 heavy (non-hydrogen) atoms. The summed E-state index contributed by atoms with van der Waals surface area (Å²) in [7, 11) is 1.59. The van der Waals surface area contributed by atoms with Crippen molar-refractivity contribution in [3.05, 3.63) is 95.2 Å². The number of halogens is 1. The van der Waals surface area contributed by atoms with E-state index in [1.807, 2.05) is 24.5 Å². The lowest BCUT2D eigenvalue weighted by molar-refractivity contribution is 0.0963. The Hall–Kier alpha value is -3.81. The summed E-state index contributed by atoms with van der Waals surface area (Å²) >= 11 is 6.39. The number of nitrogens with zero attached hydrogens (tertiary/aromatic N) is 5. The van der Waals surface area contributed by atoms with Gasteiger partial charge in [0.2, 0.25) is 5.78 Å². The van der Waals surface area contributed by atoms with Crippen LogP contribution in [-0.2, 0) is 5.41 Å². The Balaban J connectivity index is 0.000000342. The van der Waals surface area contributed by atoms with E-state index in [0.29, 0.717) is 28.4 Å². The molecule has 6 rings (SSSR count). The van der Waals surface area contributed by atoms with E-state index in [-0.39, 0.29) is 11.3 Å². The van der Waals surface area contributed by atoms with Gasteiger partial charge in [-0.15, -0.1) is 0 Å². The number of carbonyl (C=O) groups excluding carboxylic acids is 1. The summed E-state index contributed by atoms with van der Waals surface area (Å²) in [6, 6.07) is 17.4. The number of hydrogen-bond donors (Lipinski definition) is 1. The van der Waals surface area contributed by atoms with Gasteiger partial charge in [0.15, 0.2) is 0 Å². The molecule has 1 aliphatic carbocycles. The van der Waals surface area contributed by atoms with Crippen molar-refractivity contribution in [1.82, 2.24) is 29.6 Å². The molecule has 0 unspecified atom stereocenters. The molecule has 0 spiro atoms. The van der Waals surface area contributed by atoms with Crippen LogP contribution in [0.4, 0.5) is 0 Å². The van der Waals surface area contributed by atoms with Crippen LogP contribution in [-0.4, -0.2) is 55.8 Å². The average molecular weight is 583 g/mol. The van der Waals surface area contributed by atoms with E-state index in [9.17, 15) is 4.79 Å². The van der Waals surface area contributed by atoms with Gasteiger partial charge in [-0.25, -0.2) is 9.97 Å². The van der Waals surface area contributed by atoms with Crippen LogP contribution in [0.15, 0.2) is 73.3 Å². The van der Waals surface area contributed by atoms with Crippen LogP contribution in [0.25, 0.3) is 27.8 Å². The predicted molar refractivity (Wildman–Crippen MR) is 171 cm³/mol. The van der Waals surface area contributed by atoms with Crippen LogP contribution in [0.3, 0.4) is 0 Å². The fourth-order valence-corrected chi connectivity index (χ4v) is 6.17. The Kier molecular flexibility index (Phi) is 8.62. The van der Waals surface area contributed by atoms with E-state index in [1.165, 1.54) is 5.56 Å². The summed E-state index contributed by atoms with van der Waals surface area (Å²) in [4.78, 5) is 28.0. The fourth-order valence-electron chi connectivity index (χ4n) is 5.91. The van der Waals surface area contributed by atoms with Crippen molar-refractivity contribution in [3.8, 4) is 11.1 Å². The zero-order valence-corrected chi connectivity index (χ0v) is 26.0. The topological polar surface area (TPSA) is 75.4 Å². The van der Waals surface area contributed by atoms with Crippen LogP contribution in [0.1, 0.15) is 69.1 Å². The maximum Gasteiger partial charge on any atom is 0.252 e. The summed E-state index contributed by atoms with van der Waals surface area (Å²) < 4.78 is 2.08. The number of benzene rings is 2. The molecule has 1 fully saturated rings. The highest BCUT2D eigenvalue weighted by Gasteiger charge is 2.48. The lowest BCUT2D eigenvalue weighted by Crippen LogP contribution is -2.36. The lowest BCUT2D eigenvalue weighted by Gasteiger charge is -2.28. The number of fused-ring (bicyclic) bond motifs is 2. The minimum absolute atomic E-state index is 0.0789. The number of aromatic nitrogens is 4. The van der Waals surface area contributed by atoms with Crippen molar-refractivity contribution >= 4 is 34.2 Å². The van der Waals surface area contributed by atoms with Gasteiger partial charge in [-0.05, 0) is 88.5 Å². The Bertz CT molecular complexity index is 1710. The maximum absolute atomic E-state index is 12.0. The van der Waals surface area contributed by atoms with Gasteiger partial charge in [-0.1, -0.05) is 36.7 Å². The number of amides is 1. The van der Waals surface area contributed by atoms with E-state index in [1.54, 1.807) is 25.4 Å². The molecule has 5 aromatic rings. The first-order valence-electron chi connectivity index (χ1n) is 14.6. The van der Waals surface area contributed by atoms with E-state index >= 15 is 0 Å². The molecule has 3 aromatic heterocycles. The Morgan fingerprint density at radius 1 is 1.00 bits per heavy atom. The predicted octanol–water partition coefficient (Wildman–Crippen LogP) is 7.16. The first-order valence-corrected chi connectivity index (χ1v) is 15.0. The van der Waals surface area contributed by atoms with Crippen LogP contribution >= 0.6 is 11.6 Å². The third kappa shape index (κ3) is 5.76. The second-order valence-electron chi connectivity index (χ2n) is 11.4. The quantitative estimate of drug-likeness (QED) is 0.220. The minimum atomic E-state index is -0.210. The van der Waals surface area contributed by atoms with E-state index < -0.39 is 0 Å². The maximum atomic E-state index is 12.0. The molecule has 0 aliphatic heterocycles. The van der Waals surface area contributed by atoms with Crippen molar-refractivity contribution in [2.24, 2.45) is 0 Å². The van der Waals surface area contributed by atoms with Gasteiger partial charge < -0.3 is 5.32 Å². The third-order valence-electron chi connectivity index (χ3n) is 8.23. The second kappa shape index (κ2) is 12.2. The van der Waals surface area contributed by atoms with Crippen LogP contribution in [0, 0.1) is 0 Å². The Morgan fingerprint density at radius 2 is 1.74 bits per heavy atom. The first kappa shape index (κ1) is 29.7. The minimum Gasteiger partial charge on any atom is -0.355 e. The smallest absolute Gasteiger partial charge is 0.252 e. The molecule has 1 aliphatic rings. The molecule has 1 saturated carbocycles. The van der Waals surface area contributed by atoms with Gasteiger partial charge in [-0.3, -0.25) is 19.1 Å². The molecular weight excluding hydrogens is 544 g/mol. The van der Waals surface area contributed by atoms with Gasteiger partial charge in [0.1, 0.15) is 0 Å². The molecule has 3 heterocycles. The average Bonchev–Trinajstić information content (AvgIpc) is 3.68. The monoisotopic (exact) mass is 582 g/mol. The molecule has 218 valence electrons. The van der Waals surface area contributed by atoms with Crippen molar-refractivity contribution in [2.45, 2.75) is 65.0 Å². The van der Waals surface area contributed by atoms with Gasteiger partial charge in [0, 0.05) is 54.1 Å². The SMILES string of the molecule is CCN(C(C)C)C(C)C.CNC(=O)c1ccc(-c2cnc3ncc(C4(c5ccc6ncccc6c5)CC4)n3c2)cc1Cl. The number of rotatable bonds is 7. The highest BCUT2D eigenvalue weighted by atomic mass is 35.5. The van der Waals surface area contributed by atoms with Crippen molar-refractivity contribution in [3.63, 3.8) is 0 Å². The molecule has 7 nitrogen and oxygen atoms in total. The first-order chi connectivity index (χ1) is 20.2. The molecule has 0 saturated heterocycles. The molecule has 0 bridgehead atoms. The van der Waals surface area contributed by atoms with Crippen LogP contribution in [0.5, 0.6) is 0 Å². The van der Waals surface area contributed by atoms with Gasteiger partial charge in [-0.2, -0.15) is 0 Å². The van der Waals surface area contributed by atoms with Crippen LogP contribution < -0.4 is 5.32 Å². The fraction of sp³-hybridized carbons (Fsp3) is 0.353. The summed E-state index contributed by atoms with van der Waals surface area (Å²) in [5.74, 6) is 0.453. The van der Waals surface area contributed by atoms with E-state index in [0.717, 1.165) is 47.1 Å². The molecule has 0 atom stereocenters. The summed E-state index contributed by atoms with van der Waals surface area (Å²) in [5, 5.41) is 4.15. The largest absolute Gasteiger partial charge is 0.355 e. The van der Waals surface area contributed by atoms with Crippen molar-refractivity contribution in [2.75, 3.05) is 13.6 Å². The van der Waals surface area contributed by atoms with Gasteiger partial charge in [0.05, 0.1) is 28.0 Å². The highest BCUT2D eigenvalue weighted by Crippen LogP contribution is 2.53. The zero-order chi connectivity index (χ0) is 30.0. The normalized spacial score (nSPS) is 14.0. The molecule has 1 amide bonds. The highest BCUT2D eigenvalue weighted by molar-refractivity contribution is 6.34.